The molecule has 0 unspecified atom stereocenters. The van der Waals surface area contributed by atoms with E-state index in [1.165, 1.54) is 12.1 Å². The predicted molar refractivity (Wildman–Crippen MR) is 145 cm³/mol. The molecule has 0 saturated heterocycles. The lowest BCUT2D eigenvalue weighted by atomic mass is 9.92. The Bertz CT molecular complexity index is 976. The zero-order valence-corrected chi connectivity index (χ0v) is 24.6. The lowest BCUT2D eigenvalue weighted by Gasteiger charge is -2.20. The summed E-state index contributed by atoms with van der Waals surface area (Å²) >= 11 is 0. The van der Waals surface area contributed by atoms with Gasteiger partial charge in [0.25, 0.3) is 0 Å². The van der Waals surface area contributed by atoms with Crippen LogP contribution in [-0.4, -0.2) is 49.4 Å². The summed E-state index contributed by atoms with van der Waals surface area (Å²) in [5.41, 5.74) is 6.03. The number of carbonyl (C=O) groups is 4. The van der Waals surface area contributed by atoms with Crippen LogP contribution < -0.4 is 15.2 Å². The van der Waals surface area contributed by atoms with Crippen molar-refractivity contribution in [1.29, 1.82) is 0 Å². The van der Waals surface area contributed by atoms with Gasteiger partial charge in [0, 0.05) is 0 Å². The molecule has 2 N–H and O–H groups in total. The molecule has 0 fully saturated rings. The lowest BCUT2D eigenvalue weighted by molar-refractivity contribution is -0.152. The van der Waals surface area contributed by atoms with E-state index in [0.29, 0.717) is 5.56 Å². The van der Waals surface area contributed by atoms with Gasteiger partial charge in [-0.2, -0.15) is 0 Å². The Morgan fingerprint density at radius 2 is 1.44 bits per heavy atom. The van der Waals surface area contributed by atoms with Crippen LogP contribution in [0.5, 0.6) is 11.5 Å². The van der Waals surface area contributed by atoms with Gasteiger partial charge in [0.05, 0.1) is 19.4 Å². The molecule has 0 saturated carbocycles. The molecule has 0 amide bonds. The van der Waals surface area contributed by atoms with Crippen molar-refractivity contribution in [3.05, 3.63) is 23.8 Å². The van der Waals surface area contributed by atoms with Crippen LogP contribution >= 0.6 is 0 Å². The molecule has 0 aliphatic heterocycles. The normalized spacial score (nSPS) is 13.2. The number of unbranched alkanes of at least 4 members (excludes halogenated alkanes) is 1. The average Bonchev–Trinajstić information content (AvgIpc) is 2.77. The van der Waals surface area contributed by atoms with Gasteiger partial charge >= 0.3 is 24.1 Å². The maximum atomic E-state index is 12.5. The van der Waals surface area contributed by atoms with E-state index in [2.05, 4.69) is 0 Å². The third-order valence-electron chi connectivity index (χ3n) is 5.03. The molecule has 10 nitrogen and oxygen atoms in total. The molecule has 0 bridgehead atoms. The summed E-state index contributed by atoms with van der Waals surface area (Å²) < 4.78 is 26.2. The molecular formula is C29H45NO9. The van der Waals surface area contributed by atoms with E-state index in [0.717, 1.165) is 12.8 Å². The molecule has 10 heteroatoms. The number of benzene rings is 1. The van der Waals surface area contributed by atoms with Crippen LogP contribution in [0, 0.1) is 10.8 Å². The molecule has 0 aliphatic carbocycles. The fraction of sp³-hybridized carbons (Fsp3) is 0.655. The standard InChI is InChI=1S/C29H45NO9/c1-9-10-13-35-27(34)36-18-19(2)37-26(33)21(30)14-20-11-12-22(38-24(31)16-28(3,4)5)23(15-20)39-25(32)17-29(6,7)8/h11-12,15,19,21H,9-10,13-14,16-18,30H2,1-8H3/t19-,21-/m0/s1. The molecule has 1 aromatic rings. The molecule has 0 radical (unpaired) electrons. The van der Waals surface area contributed by atoms with E-state index < -0.39 is 36.2 Å². The number of nitrogens with two attached hydrogens (primary N) is 1. The van der Waals surface area contributed by atoms with Crippen LogP contribution in [0.3, 0.4) is 0 Å². The molecule has 0 aromatic heterocycles. The summed E-state index contributed by atoms with van der Waals surface area (Å²) in [4.78, 5) is 49.0. The Hall–Kier alpha value is -3.14. The highest BCUT2D eigenvalue weighted by molar-refractivity contribution is 5.78. The fourth-order valence-corrected chi connectivity index (χ4v) is 3.21. The first-order valence-electron chi connectivity index (χ1n) is 13.3. The maximum absolute atomic E-state index is 12.5. The largest absolute Gasteiger partial charge is 0.508 e. The van der Waals surface area contributed by atoms with E-state index in [9.17, 15) is 19.2 Å². The van der Waals surface area contributed by atoms with Gasteiger partial charge in [0.1, 0.15) is 18.8 Å². The van der Waals surface area contributed by atoms with Crippen molar-refractivity contribution in [1.82, 2.24) is 0 Å². The van der Waals surface area contributed by atoms with Gasteiger partial charge in [0.15, 0.2) is 11.5 Å². The second kappa shape index (κ2) is 15.5. The number of hydrogen-bond acceptors (Lipinski definition) is 10. The quantitative estimate of drug-likeness (QED) is 0.199. The maximum Gasteiger partial charge on any atom is 0.508 e. The van der Waals surface area contributed by atoms with Crippen LogP contribution in [0.1, 0.15) is 86.6 Å². The van der Waals surface area contributed by atoms with Crippen LogP contribution in [0.15, 0.2) is 18.2 Å². The van der Waals surface area contributed by atoms with E-state index >= 15 is 0 Å². The average molecular weight is 552 g/mol. The second-order valence-corrected chi connectivity index (χ2v) is 12.0. The minimum Gasteiger partial charge on any atom is -0.458 e. The van der Waals surface area contributed by atoms with Crippen LogP contribution in [0.25, 0.3) is 0 Å². The Labute approximate surface area is 231 Å². The summed E-state index contributed by atoms with van der Waals surface area (Å²) in [6, 6.07) is 3.61. The Balaban J connectivity index is 2.88. The smallest absolute Gasteiger partial charge is 0.458 e. The summed E-state index contributed by atoms with van der Waals surface area (Å²) in [6.07, 6.45) is 0.417. The van der Waals surface area contributed by atoms with Gasteiger partial charge in [-0.3, -0.25) is 14.4 Å². The molecule has 2 atom stereocenters. The van der Waals surface area contributed by atoms with Gasteiger partial charge in [0.2, 0.25) is 0 Å². The third-order valence-corrected chi connectivity index (χ3v) is 5.03. The minimum atomic E-state index is -1.05. The highest BCUT2D eigenvalue weighted by Gasteiger charge is 2.24. The van der Waals surface area contributed by atoms with Gasteiger partial charge in [-0.25, -0.2) is 4.79 Å². The van der Waals surface area contributed by atoms with Gasteiger partial charge in [-0.15, -0.1) is 0 Å². The summed E-state index contributed by atoms with van der Waals surface area (Å²) in [7, 11) is 0. The summed E-state index contributed by atoms with van der Waals surface area (Å²) in [5, 5.41) is 0. The molecular weight excluding hydrogens is 506 g/mol. The van der Waals surface area contributed by atoms with E-state index in [-0.39, 0.29) is 54.8 Å². The highest BCUT2D eigenvalue weighted by atomic mass is 16.7. The molecule has 1 rings (SSSR count). The topological polar surface area (TPSA) is 140 Å². The van der Waals surface area contributed by atoms with Crippen molar-refractivity contribution in [2.45, 2.75) is 99.6 Å². The molecule has 0 heterocycles. The minimum absolute atomic E-state index is 0.0610. The first-order valence-corrected chi connectivity index (χ1v) is 13.3. The number of esters is 3. The van der Waals surface area contributed by atoms with Gasteiger partial charge in [-0.05, 0) is 48.3 Å². The van der Waals surface area contributed by atoms with Crippen LogP contribution in [0.2, 0.25) is 0 Å². The Morgan fingerprint density at radius 3 is 1.97 bits per heavy atom. The van der Waals surface area contributed by atoms with Gasteiger partial charge in [-0.1, -0.05) is 61.0 Å². The lowest BCUT2D eigenvalue weighted by Crippen LogP contribution is -2.37. The van der Waals surface area contributed by atoms with E-state index in [1.54, 1.807) is 13.0 Å². The van der Waals surface area contributed by atoms with E-state index in [1.807, 2.05) is 48.5 Å². The number of hydrogen-bond donors (Lipinski definition) is 1. The fourth-order valence-electron chi connectivity index (χ4n) is 3.21. The number of rotatable bonds is 13. The molecule has 220 valence electrons. The van der Waals surface area contributed by atoms with Crippen molar-refractivity contribution in [3.63, 3.8) is 0 Å². The monoisotopic (exact) mass is 551 g/mol. The van der Waals surface area contributed by atoms with Crippen molar-refractivity contribution in [2.75, 3.05) is 13.2 Å². The summed E-state index contributed by atoms with van der Waals surface area (Å²) in [5.74, 6) is -1.49. The van der Waals surface area contributed by atoms with Crippen molar-refractivity contribution in [2.24, 2.45) is 16.6 Å². The first kappa shape index (κ1) is 33.9. The zero-order valence-electron chi connectivity index (χ0n) is 24.6. The molecule has 0 aliphatic rings. The third kappa shape index (κ3) is 15.1. The highest BCUT2D eigenvalue weighted by Crippen LogP contribution is 2.32. The Morgan fingerprint density at radius 1 is 0.872 bits per heavy atom. The van der Waals surface area contributed by atoms with Gasteiger partial charge < -0.3 is 29.4 Å². The summed E-state index contributed by atoms with van der Waals surface area (Å²) in [6.45, 7) is 15.1. The van der Waals surface area contributed by atoms with Crippen molar-refractivity contribution < 1.29 is 42.9 Å². The van der Waals surface area contributed by atoms with Crippen molar-refractivity contribution >= 4 is 24.1 Å². The van der Waals surface area contributed by atoms with Crippen LogP contribution in [0.4, 0.5) is 4.79 Å². The molecule has 39 heavy (non-hydrogen) atoms. The number of ether oxygens (including phenoxy) is 5. The molecule has 0 spiro atoms. The van der Waals surface area contributed by atoms with E-state index in [4.69, 9.17) is 29.4 Å². The van der Waals surface area contributed by atoms with Crippen LogP contribution in [-0.2, 0) is 35.0 Å². The van der Waals surface area contributed by atoms with Crippen molar-refractivity contribution in [3.8, 4) is 11.5 Å². The predicted octanol–water partition coefficient (Wildman–Crippen LogP) is 5.12. The zero-order chi connectivity index (χ0) is 29.8. The first-order chi connectivity index (χ1) is 18.0. The number of carbonyl (C=O) groups excluding carboxylic acids is 4. The SMILES string of the molecule is CCCCOC(=O)OC[C@H](C)OC(=O)[C@@H](N)Cc1ccc(OC(=O)CC(C)(C)C)c(OC(=O)CC(C)(C)C)c1. The molecule has 1 aromatic carbocycles. The Kier molecular flexibility index (Phi) is 13.4. The second-order valence-electron chi connectivity index (χ2n) is 12.0.